The first-order valence-corrected chi connectivity index (χ1v) is 3.26. The monoisotopic (exact) mass is 180 g/mol. The predicted molar refractivity (Wildman–Crippen MR) is 34.5 cm³/mol. The van der Waals surface area contributed by atoms with E-state index in [4.69, 9.17) is 5.11 Å². The number of aliphatic hydroxyl groups is 1. The lowest BCUT2D eigenvalue weighted by Gasteiger charge is -2.12. The van der Waals surface area contributed by atoms with Crippen LogP contribution in [0, 0.1) is 0 Å². The van der Waals surface area contributed by atoms with Gasteiger partial charge in [0.15, 0.2) is 6.10 Å². The summed E-state index contributed by atoms with van der Waals surface area (Å²) in [5.41, 5.74) is 0.333. The normalized spacial score (nSPS) is 14.7. The molecule has 1 N–H and O–H groups in total. The van der Waals surface area contributed by atoms with E-state index in [2.05, 4.69) is 4.42 Å². The summed E-state index contributed by atoms with van der Waals surface area (Å²) >= 11 is 0. The first-order valence-electron chi connectivity index (χ1n) is 3.26. The lowest BCUT2D eigenvalue weighted by Crippen LogP contribution is -2.30. The summed E-state index contributed by atoms with van der Waals surface area (Å²) in [4.78, 5) is 0. The van der Waals surface area contributed by atoms with E-state index in [1.807, 2.05) is 0 Å². The molecule has 0 bridgehead atoms. The summed E-state index contributed by atoms with van der Waals surface area (Å²) in [6, 6.07) is 1.38. The summed E-state index contributed by atoms with van der Waals surface area (Å²) in [6.45, 7) is 0. The van der Waals surface area contributed by atoms with Gasteiger partial charge in [0.1, 0.15) is 0 Å². The molecule has 0 spiro atoms. The number of furan rings is 1. The molecule has 1 rings (SSSR count). The third kappa shape index (κ3) is 2.27. The minimum absolute atomic E-state index is 0.333. The molecule has 0 fully saturated rings. The molecular weight excluding hydrogens is 173 g/mol. The molecule has 0 unspecified atom stereocenters. The van der Waals surface area contributed by atoms with Crippen molar-refractivity contribution in [3.8, 4) is 0 Å². The number of hydrogen-bond donors (Lipinski definition) is 1. The Morgan fingerprint density at radius 1 is 1.50 bits per heavy atom. The third-order valence-electron chi connectivity index (χ3n) is 1.39. The van der Waals surface area contributed by atoms with Gasteiger partial charge < -0.3 is 9.52 Å². The zero-order valence-corrected chi connectivity index (χ0v) is 6.01. The maximum Gasteiger partial charge on any atom is 0.414 e. The van der Waals surface area contributed by atoms with Crippen molar-refractivity contribution in [3.63, 3.8) is 0 Å². The summed E-state index contributed by atoms with van der Waals surface area (Å²) < 4.78 is 39.8. The number of aliphatic hydroxyl groups excluding tert-OH is 1. The second-order valence-corrected chi connectivity index (χ2v) is 2.39. The molecule has 0 aliphatic heterocycles. The first kappa shape index (κ1) is 9.12. The van der Waals surface area contributed by atoms with Crippen LogP contribution in [0.5, 0.6) is 0 Å². The molecule has 12 heavy (non-hydrogen) atoms. The molecule has 1 heterocycles. The van der Waals surface area contributed by atoms with Crippen molar-refractivity contribution in [2.24, 2.45) is 0 Å². The second-order valence-electron chi connectivity index (χ2n) is 2.39. The van der Waals surface area contributed by atoms with E-state index in [9.17, 15) is 13.2 Å². The highest BCUT2D eigenvalue weighted by Crippen LogP contribution is 2.22. The fourth-order valence-corrected chi connectivity index (χ4v) is 0.748. The Hall–Kier alpha value is -0.970. The van der Waals surface area contributed by atoms with Crippen LogP contribution < -0.4 is 0 Å². The Labute approximate surface area is 66.6 Å². The molecule has 5 heteroatoms. The zero-order valence-electron chi connectivity index (χ0n) is 6.01. The molecule has 2 nitrogen and oxygen atoms in total. The van der Waals surface area contributed by atoms with Gasteiger partial charge in [-0.15, -0.1) is 0 Å². The summed E-state index contributed by atoms with van der Waals surface area (Å²) in [5.74, 6) is 0. The minimum Gasteiger partial charge on any atom is -0.472 e. The van der Waals surface area contributed by atoms with Crippen LogP contribution in [-0.2, 0) is 6.42 Å². The van der Waals surface area contributed by atoms with Gasteiger partial charge in [-0.25, -0.2) is 0 Å². The van der Waals surface area contributed by atoms with Crippen LogP contribution in [0.25, 0.3) is 0 Å². The van der Waals surface area contributed by atoms with Crippen molar-refractivity contribution in [2.45, 2.75) is 18.7 Å². The third-order valence-corrected chi connectivity index (χ3v) is 1.39. The number of alkyl halides is 3. The van der Waals surface area contributed by atoms with E-state index < -0.39 is 18.7 Å². The quantitative estimate of drug-likeness (QED) is 0.752. The average Bonchev–Trinajstić information content (AvgIpc) is 2.37. The van der Waals surface area contributed by atoms with Gasteiger partial charge in [-0.05, 0) is 11.6 Å². The van der Waals surface area contributed by atoms with E-state index in [-0.39, 0.29) is 0 Å². The van der Waals surface area contributed by atoms with E-state index >= 15 is 0 Å². The molecule has 0 aromatic carbocycles. The summed E-state index contributed by atoms with van der Waals surface area (Å²) in [6.07, 6.45) is -4.89. The zero-order chi connectivity index (χ0) is 9.19. The topological polar surface area (TPSA) is 33.4 Å². The number of rotatable bonds is 2. The molecule has 1 aromatic heterocycles. The van der Waals surface area contributed by atoms with Crippen molar-refractivity contribution in [2.75, 3.05) is 0 Å². The van der Waals surface area contributed by atoms with Crippen LogP contribution in [0.4, 0.5) is 13.2 Å². The Bertz CT molecular complexity index is 227. The van der Waals surface area contributed by atoms with Crippen LogP contribution >= 0.6 is 0 Å². The second kappa shape index (κ2) is 3.18. The minimum atomic E-state index is -4.56. The number of hydrogen-bond acceptors (Lipinski definition) is 2. The molecule has 0 aliphatic carbocycles. The molecule has 1 atom stereocenters. The van der Waals surface area contributed by atoms with Crippen molar-refractivity contribution < 1.29 is 22.7 Å². The van der Waals surface area contributed by atoms with Gasteiger partial charge in [0, 0.05) is 6.42 Å². The molecule has 0 saturated carbocycles. The van der Waals surface area contributed by atoms with Crippen LogP contribution in [0.3, 0.4) is 0 Å². The summed E-state index contributed by atoms with van der Waals surface area (Å²) in [7, 11) is 0. The standard InChI is InChI=1S/C7H7F3O2/c8-7(9,10)6(11)3-5-1-2-12-4-5/h1-2,4,6,11H,3H2/t6-/m0/s1. The Morgan fingerprint density at radius 3 is 2.58 bits per heavy atom. The molecule has 1 aromatic rings. The molecule has 0 aliphatic rings. The van der Waals surface area contributed by atoms with Crippen molar-refractivity contribution in [1.29, 1.82) is 0 Å². The molecule has 0 saturated heterocycles. The highest BCUT2D eigenvalue weighted by atomic mass is 19.4. The summed E-state index contributed by atoms with van der Waals surface area (Å²) in [5, 5.41) is 8.59. The average molecular weight is 180 g/mol. The first-order chi connectivity index (χ1) is 5.50. The maximum atomic E-state index is 11.8. The van der Waals surface area contributed by atoms with Crippen molar-refractivity contribution >= 4 is 0 Å². The maximum absolute atomic E-state index is 11.8. The van der Waals surface area contributed by atoms with Crippen molar-refractivity contribution in [3.05, 3.63) is 24.2 Å². The smallest absolute Gasteiger partial charge is 0.414 e. The predicted octanol–water partition coefficient (Wildman–Crippen LogP) is 1.75. The molecule has 0 amide bonds. The molecule has 68 valence electrons. The van der Waals surface area contributed by atoms with Gasteiger partial charge in [-0.1, -0.05) is 0 Å². The van der Waals surface area contributed by atoms with E-state index in [0.717, 1.165) is 0 Å². The van der Waals surface area contributed by atoms with Crippen LogP contribution in [0.1, 0.15) is 5.56 Å². The highest BCUT2D eigenvalue weighted by molar-refractivity contribution is 5.07. The van der Waals surface area contributed by atoms with Gasteiger partial charge in [0.2, 0.25) is 0 Å². The Balaban J connectivity index is 2.53. The van der Waals surface area contributed by atoms with Gasteiger partial charge in [0.05, 0.1) is 12.5 Å². The van der Waals surface area contributed by atoms with Crippen molar-refractivity contribution in [1.82, 2.24) is 0 Å². The van der Waals surface area contributed by atoms with E-state index in [0.29, 0.717) is 5.56 Å². The van der Waals surface area contributed by atoms with Crippen LogP contribution in [0.15, 0.2) is 23.0 Å². The fraction of sp³-hybridized carbons (Fsp3) is 0.429. The van der Waals surface area contributed by atoms with Crippen LogP contribution in [0.2, 0.25) is 0 Å². The van der Waals surface area contributed by atoms with Gasteiger partial charge >= 0.3 is 6.18 Å². The van der Waals surface area contributed by atoms with E-state index in [1.54, 1.807) is 0 Å². The Kier molecular flexibility index (Phi) is 2.42. The SMILES string of the molecule is O[C@@H](Cc1ccoc1)C(F)(F)F. The van der Waals surface area contributed by atoms with Gasteiger partial charge in [-0.3, -0.25) is 0 Å². The Morgan fingerprint density at radius 2 is 2.17 bits per heavy atom. The molecular formula is C7H7F3O2. The molecule has 0 radical (unpaired) electrons. The highest BCUT2D eigenvalue weighted by Gasteiger charge is 2.38. The van der Waals surface area contributed by atoms with Gasteiger partial charge in [0.25, 0.3) is 0 Å². The lowest BCUT2D eigenvalue weighted by atomic mass is 10.1. The van der Waals surface area contributed by atoms with Crippen LogP contribution in [-0.4, -0.2) is 17.4 Å². The van der Waals surface area contributed by atoms with E-state index in [1.165, 1.54) is 18.6 Å². The number of halogens is 3. The fourth-order valence-electron chi connectivity index (χ4n) is 0.748. The lowest BCUT2D eigenvalue weighted by molar-refractivity contribution is -0.203. The van der Waals surface area contributed by atoms with Gasteiger partial charge in [-0.2, -0.15) is 13.2 Å². The largest absolute Gasteiger partial charge is 0.472 e.